The van der Waals surface area contributed by atoms with Crippen molar-refractivity contribution in [1.29, 1.82) is 0 Å². The quantitative estimate of drug-likeness (QED) is 0.646. The lowest BCUT2D eigenvalue weighted by Crippen LogP contribution is -2.66. The van der Waals surface area contributed by atoms with Crippen molar-refractivity contribution < 1.29 is 34.0 Å². The zero-order valence-corrected chi connectivity index (χ0v) is 15.6. The maximum absolute atomic E-state index is 11.7. The third-order valence-corrected chi connectivity index (χ3v) is 4.50. The van der Waals surface area contributed by atoms with E-state index in [2.05, 4.69) is 5.32 Å². The standard InChI is InChI=1S/C20H23NO7/c1-11(23)21-17-19(26-12(2)24)18(25)16(10-22)28-20(17)27-15-8-7-13-5-3-4-6-14(13)9-15/h3-9,16-20,22,25H,10H2,1-2H3,(H,21,23). The van der Waals surface area contributed by atoms with E-state index in [1.54, 1.807) is 6.07 Å². The van der Waals surface area contributed by atoms with Crippen molar-refractivity contribution in [2.45, 2.75) is 44.5 Å². The van der Waals surface area contributed by atoms with Crippen molar-refractivity contribution in [3.05, 3.63) is 42.5 Å². The Labute approximate surface area is 162 Å². The average Bonchev–Trinajstić information content (AvgIpc) is 2.66. The zero-order valence-electron chi connectivity index (χ0n) is 15.6. The number of aliphatic hydroxyl groups excluding tert-OH is 2. The molecule has 150 valence electrons. The summed E-state index contributed by atoms with van der Waals surface area (Å²) >= 11 is 0. The minimum absolute atomic E-state index is 0.410. The Morgan fingerprint density at radius 3 is 2.50 bits per heavy atom. The number of esters is 1. The summed E-state index contributed by atoms with van der Waals surface area (Å²) < 4.78 is 16.8. The molecule has 0 bridgehead atoms. The topological polar surface area (TPSA) is 114 Å². The van der Waals surface area contributed by atoms with Gasteiger partial charge in [0.1, 0.15) is 24.0 Å². The second kappa shape index (κ2) is 8.55. The molecule has 1 aliphatic heterocycles. The van der Waals surface area contributed by atoms with Crippen LogP contribution in [0.3, 0.4) is 0 Å². The number of carbonyl (C=O) groups is 2. The second-order valence-corrected chi connectivity index (χ2v) is 6.64. The van der Waals surface area contributed by atoms with Crippen LogP contribution in [-0.2, 0) is 19.1 Å². The van der Waals surface area contributed by atoms with Crippen molar-refractivity contribution in [1.82, 2.24) is 5.32 Å². The van der Waals surface area contributed by atoms with Gasteiger partial charge in [-0.15, -0.1) is 0 Å². The number of amides is 1. The molecule has 0 aromatic heterocycles. The number of hydrogen-bond donors (Lipinski definition) is 3. The first-order valence-electron chi connectivity index (χ1n) is 8.93. The zero-order chi connectivity index (χ0) is 20.3. The molecule has 1 saturated heterocycles. The van der Waals surface area contributed by atoms with Gasteiger partial charge in [0.2, 0.25) is 12.2 Å². The van der Waals surface area contributed by atoms with E-state index < -0.39 is 49.1 Å². The number of nitrogens with one attached hydrogen (secondary N) is 1. The third-order valence-electron chi connectivity index (χ3n) is 4.50. The number of hydrogen-bond acceptors (Lipinski definition) is 7. The Bertz CT molecular complexity index is 855. The van der Waals surface area contributed by atoms with Crippen LogP contribution < -0.4 is 10.1 Å². The molecular weight excluding hydrogens is 366 g/mol. The molecule has 8 heteroatoms. The number of fused-ring (bicyclic) bond motifs is 1. The van der Waals surface area contributed by atoms with Crippen molar-refractivity contribution in [3.8, 4) is 5.75 Å². The molecule has 28 heavy (non-hydrogen) atoms. The van der Waals surface area contributed by atoms with Gasteiger partial charge in [0.15, 0.2) is 6.10 Å². The summed E-state index contributed by atoms with van der Waals surface area (Å²) in [6.45, 7) is 1.98. The van der Waals surface area contributed by atoms with E-state index in [1.165, 1.54) is 13.8 Å². The lowest BCUT2D eigenvalue weighted by molar-refractivity contribution is -0.249. The van der Waals surface area contributed by atoms with Crippen LogP contribution in [0.5, 0.6) is 5.75 Å². The monoisotopic (exact) mass is 389 g/mol. The van der Waals surface area contributed by atoms with Crippen LogP contribution in [0.2, 0.25) is 0 Å². The SMILES string of the molecule is CC(=O)NC1C(Oc2ccc3ccccc3c2)OC(CO)C(O)C1OC(C)=O. The Morgan fingerprint density at radius 1 is 1.14 bits per heavy atom. The Hall–Kier alpha value is -2.68. The largest absolute Gasteiger partial charge is 0.463 e. The van der Waals surface area contributed by atoms with Crippen LogP contribution in [-0.4, -0.2) is 59.3 Å². The molecule has 0 aliphatic carbocycles. The predicted molar refractivity (Wildman–Crippen MR) is 99.5 cm³/mol. The summed E-state index contributed by atoms with van der Waals surface area (Å²) in [6, 6.07) is 12.2. The van der Waals surface area contributed by atoms with Gasteiger partial charge in [0, 0.05) is 13.8 Å². The summed E-state index contributed by atoms with van der Waals surface area (Å²) in [4.78, 5) is 23.2. The first-order chi connectivity index (χ1) is 13.4. The molecule has 5 atom stereocenters. The van der Waals surface area contributed by atoms with E-state index in [9.17, 15) is 19.8 Å². The van der Waals surface area contributed by atoms with Gasteiger partial charge in [-0.05, 0) is 22.9 Å². The minimum atomic E-state index is -1.33. The highest BCUT2D eigenvalue weighted by molar-refractivity contribution is 5.83. The van der Waals surface area contributed by atoms with Gasteiger partial charge >= 0.3 is 5.97 Å². The fourth-order valence-corrected chi connectivity index (χ4v) is 3.26. The van der Waals surface area contributed by atoms with Crippen LogP contribution in [0.1, 0.15) is 13.8 Å². The highest BCUT2D eigenvalue weighted by Crippen LogP contribution is 2.28. The molecule has 0 radical (unpaired) electrons. The van der Waals surface area contributed by atoms with Gasteiger partial charge in [0.05, 0.1) is 6.61 Å². The number of ether oxygens (including phenoxy) is 3. The smallest absolute Gasteiger partial charge is 0.303 e. The van der Waals surface area contributed by atoms with Crippen LogP contribution >= 0.6 is 0 Å². The highest BCUT2D eigenvalue weighted by atomic mass is 16.7. The van der Waals surface area contributed by atoms with Gasteiger partial charge in [-0.3, -0.25) is 9.59 Å². The lowest BCUT2D eigenvalue weighted by Gasteiger charge is -2.43. The van der Waals surface area contributed by atoms with Gasteiger partial charge < -0.3 is 29.7 Å². The Balaban J connectivity index is 1.91. The summed E-state index contributed by atoms with van der Waals surface area (Å²) in [5.41, 5.74) is 0. The van der Waals surface area contributed by atoms with E-state index in [-0.39, 0.29) is 0 Å². The average molecular weight is 389 g/mol. The molecule has 1 aliphatic rings. The molecule has 2 aromatic rings. The number of benzene rings is 2. The predicted octanol–water partition coefficient (Wildman–Crippen LogP) is 0.733. The van der Waals surface area contributed by atoms with Crippen molar-refractivity contribution in [2.75, 3.05) is 6.61 Å². The first-order valence-corrected chi connectivity index (χ1v) is 8.93. The number of carbonyl (C=O) groups excluding carboxylic acids is 2. The fraction of sp³-hybridized carbons (Fsp3) is 0.400. The molecule has 2 aromatic carbocycles. The molecule has 8 nitrogen and oxygen atoms in total. The number of aliphatic hydroxyl groups is 2. The molecule has 1 fully saturated rings. The van der Waals surface area contributed by atoms with Gasteiger partial charge in [0.25, 0.3) is 0 Å². The van der Waals surface area contributed by atoms with Crippen molar-refractivity contribution in [3.63, 3.8) is 0 Å². The molecule has 1 amide bonds. The maximum atomic E-state index is 11.7. The minimum Gasteiger partial charge on any atom is -0.463 e. The van der Waals surface area contributed by atoms with Gasteiger partial charge in [-0.2, -0.15) is 0 Å². The second-order valence-electron chi connectivity index (χ2n) is 6.64. The molecule has 3 N–H and O–H groups in total. The van der Waals surface area contributed by atoms with Crippen LogP contribution in [0.15, 0.2) is 42.5 Å². The molecule has 5 unspecified atom stereocenters. The highest BCUT2D eigenvalue weighted by Gasteiger charge is 2.48. The van der Waals surface area contributed by atoms with Crippen molar-refractivity contribution in [2.24, 2.45) is 0 Å². The third kappa shape index (κ3) is 4.41. The lowest BCUT2D eigenvalue weighted by atomic mass is 9.96. The van der Waals surface area contributed by atoms with Crippen LogP contribution in [0, 0.1) is 0 Å². The molecule has 0 spiro atoms. The Kier molecular flexibility index (Phi) is 6.13. The molecule has 3 rings (SSSR count). The Morgan fingerprint density at radius 2 is 1.86 bits per heavy atom. The van der Waals surface area contributed by atoms with E-state index in [1.807, 2.05) is 36.4 Å². The van der Waals surface area contributed by atoms with E-state index in [0.29, 0.717) is 5.75 Å². The van der Waals surface area contributed by atoms with E-state index in [4.69, 9.17) is 14.2 Å². The van der Waals surface area contributed by atoms with Gasteiger partial charge in [-0.25, -0.2) is 0 Å². The van der Waals surface area contributed by atoms with E-state index in [0.717, 1.165) is 10.8 Å². The molecular formula is C20H23NO7. The fourth-order valence-electron chi connectivity index (χ4n) is 3.26. The van der Waals surface area contributed by atoms with Gasteiger partial charge in [-0.1, -0.05) is 30.3 Å². The summed E-state index contributed by atoms with van der Waals surface area (Å²) in [6.07, 6.45) is -4.60. The summed E-state index contributed by atoms with van der Waals surface area (Å²) in [7, 11) is 0. The first kappa shape index (κ1) is 20.1. The summed E-state index contributed by atoms with van der Waals surface area (Å²) in [5, 5.41) is 24.5. The maximum Gasteiger partial charge on any atom is 0.303 e. The van der Waals surface area contributed by atoms with E-state index >= 15 is 0 Å². The van der Waals surface area contributed by atoms with Crippen LogP contribution in [0.4, 0.5) is 0 Å². The summed E-state index contributed by atoms with van der Waals surface area (Å²) in [5.74, 6) is -0.580. The normalized spacial score (nSPS) is 27.2. The molecule has 0 saturated carbocycles. The number of rotatable bonds is 5. The molecule has 1 heterocycles. The van der Waals surface area contributed by atoms with Crippen molar-refractivity contribution >= 4 is 22.6 Å². The van der Waals surface area contributed by atoms with Crippen LogP contribution in [0.25, 0.3) is 10.8 Å².